The van der Waals surface area contributed by atoms with E-state index in [0.717, 1.165) is 17.1 Å². The molecule has 0 spiro atoms. The summed E-state index contributed by atoms with van der Waals surface area (Å²) >= 11 is 0. The second-order valence-corrected chi connectivity index (χ2v) is 5.88. The molecule has 108 valence electrons. The van der Waals surface area contributed by atoms with E-state index in [2.05, 4.69) is 10.6 Å². The molecule has 0 radical (unpaired) electrons. The SMILES string of the molecule is Cc1cc(CNC(=O)NCC(O)C(C)(C)C)c(C)o1. The summed E-state index contributed by atoms with van der Waals surface area (Å²) in [6, 6.07) is 1.61. The molecule has 0 fully saturated rings. The minimum atomic E-state index is -0.573. The summed E-state index contributed by atoms with van der Waals surface area (Å²) in [4.78, 5) is 11.6. The molecular weight excluding hydrogens is 244 g/mol. The van der Waals surface area contributed by atoms with Crippen molar-refractivity contribution in [3.8, 4) is 0 Å². The monoisotopic (exact) mass is 268 g/mol. The van der Waals surface area contributed by atoms with Crippen molar-refractivity contribution in [2.45, 2.75) is 47.3 Å². The number of aliphatic hydroxyl groups is 1. The Morgan fingerprint density at radius 1 is 1.37 bits per heavy atom. The van der Waals surface area contributed by atoms with Crippen molar-refractivity contribution in [2.75, 3.05) is 6.54 Å². The van der Waals surface area contributed by atoms with E-state index in [1.165, 1.54) is 0 Å². The van der Waals surface area contributed by atoms with Crippen LogP contribution in [-0.2, 0) is 6.54 Å². The molecule has 2 amide bonds. The van der Waals surface area contributed by atoms with Crippen LogP contribution in [0.15, 0.2) is 10.5 Å². The Kier molecular flexibility index (Phi) is 5.00. The van der Waals surface area contributed by atoms with Crippen molar-refractivity contribution in [3.63, 3.8) is 0 Å². The lowest BCUT2D eigenvalue weighted by molar-refractivity contribution is 0.0650. The molecule has 1 aromatic heterocycles. The molecule has 0 aliphatic heterocycles. The zero-order valence-corrected chi connectivity index (χ0v) is 12.3. The molecule has 1 unspecified atom stereocenters. The molecular formula is C14H24N2O3. The molecule has 5 heteroatoms. The summed E-state index contributed by atoms with van der Waals surface area (Å²) in [5.41, 5.74) is 0.718. The minimum Gasteiger partial charge on any atom is -0.466 e. The largest absolute Gasteiger partial charge is 0.466 e. The van der Waals surface area contributed by atoms with E-state index in [1.54, 1.807) is 0 Å². The number of furan rings is 1. The van der Waals surface area contributed by atoms with Crippen LogP contribution in [0.5, 0.6) is 0 Å². The van der Waals surface area contributed by atoms with Crippen molar-refractivity contribution in [3.05, 3.63) is 23.2 Å². The maximum atomic E-state index is 11.6. The van der Waals surface area contributed by atoms with E-state index in [-0.39, 0.29) is 18.0 Å². The van der Waals surface area contributed by atoms with E-state index < -0.39 is 6.10 Å². The van der Waals surface area contributed by atoms with Gasteiger partial charge in [0.15, 0.2) is 0 Å². The van der Waals surface area contributed by atoms with Crippen LogP contribution in [0.3, 0.4) is 0 Å². The number of nitrogens with one attached hydrogen (secondary N) is 2. The molecule has 3 N–H and O–H groups in total. The number of aryl methyl sites for hydroxylation is 2. The zero-order chi connectivity index (χ0) is 14.6. The van der Waals surface area contributed by atoms with Gasteiger partial charge in [0.25, 0.3) is 0 Å². The van der Waals surface area contributed by atoms with E-state index in [9.17, 15) is 9.90 Å². The first-order valence-corrected chi connectivity index (χ1v) is 6.46. The van der Waals surface area contributed by atoms with E-state index in [4.69, 9.17) is 4.42 Å². The standard InChI is InChI=1S/C14H24N2O3/c1-9-6-11(10(2)19-9)7-15-13(18)16-8-12(17)14(3,4)5/h6,12,17H,7-8H2,1-5H3,(H2,15,16,18). The van der Waals surface area contributed by atoms with Gasteiger partial charge in [0.1, 0.15) is 11.5 Å². The fourth-order valence-corrected chi connectivity index (χ4v) is 1.59. The average molecular weight is 268 g/mol. The summed E-state index contributed by atoms with van der Waals surface area (Å²) in [5, 5.41) is 15.2. The lowest BCUT2D eigenvalue weighted by Gasteiger charge is -2.25. The average Bonchev–Trinajstić information content (AvgIpc) is 2.60. The van der Waals surface area contributed by atoms with Gasteiger partial charge in [0, 0.05) is 18.7 Å². The maximum absolute atomic E-state index is 11.6. The number of rotatable bonds is 4. The minimum absolute atomic E-state index is 0.235. The summed E-state index contributed by atoms with van der Waals surface area (Å²) in [5.74, 6) is 1.64. The Morgan fingerprint density at radius 2 is 2.00 bits per heavy atom. The van der Waals surface area contributed by atoms with Crippen LogP contribution in [0.25, 0.3) is 0 Å². The van der Waals surface area contributed by atoms with Gasteiger partial charge in [-0.1, -0.05) is 20.8 Å². The van der Waals surface area contributed by atoms with Crippen LogP contribution in [0, 0.1) is 19.3 Å². The van der Waals surface area contributed by atoms with Crippen LogP contribution < -0.4 is 10.6 Å². The summed E-state index contributed by atoms with van der Waals surface area (Å²) in [6.45, 7) is 10.2. The first kappa shape index (κ1) is 15.6. The van der Waals surface area contributed by atoms with E-state index >= 15 is 0 Å². The fourth-order valence-electron chi connectivity index (χ4n) is 1.59. The van der Waals surface area contributed by atoms with Gasteiger partial charge in [0.05, 0.1) is 6.10 Å². The van der Waals surface area contributed by atoms with Gasteiger partial charge in [-0.2, -0.15) is 0 Å². The highest BCUT2D eigenvalue weighted by molar-refractivity contribution is 5.73. The van der Waals surface area contributed by atoms with Crippen LogP contribution in [0.4, 0.5) is 4.79 Å². The van der Waals surface area contributed by atoms with Crippen molar-refractivity contribution < 1.29 is 14.3 Å². The molecule has 0 aliphatic rings. The molecule has 1 rings (SSSR count). The Hall–Kier alpha value is -1.49. The number of aliphatic hydroxyl groups excluding tert-OH is 1. The van der Waals surface area contributed by atoms with Crippen LogP contribution >= 0.6 is 0 Å². The van der Waals surface area contributed by atoms with Crippen LogP contribution in [0.2, 0.25) is 0 Å². The van der Waals surface area contributed by atoms with Crippen molar-refractivity contribution in [1.82, 2.24) is 10.6 Å². The highest BCUT2D eigenvalue weighted by Gasteiger charge is 2.22. The van der Waals surface area contributed by atoms with Gasteiger partial charge in [-0.05, 0) is 25.3 Å². The summed E-state index contributed by atoms with van der Waals surface area (Å²) in [6.07, 6.45) is -0.573. The molecule has 5 nitrogen and oxygen atoms in total. The van der Waals surface area contributed by atoms with Gasteiger partial charge in [-0.3, -0.25) is 0 Å². The number of carbonyl (C=O) groups excluding carboxylic acids is 1. The predicted octanol–water partition coefficient (Wildman–Crippen LogP) is 2.10. The number of hydrogen-bond acceptors (Lipinski definition) is 3. The maximum Gasteiger partial charge on any atom is 0.315 e. The zero-order valence-electron chi connectivity index (χ0n) is 12.3. The van der Waals surface area contributed by atoms with Gasteiger partial charge in [-0.15, -0.1) is 0 Å². The van der Waals surface area contributed by atoms with Gasteiger partial charge < -0.3 is 20.2 Å². The number of amides is 2. The third kappa shape index (κ3) is 4.95. The Labute approximate surface area is 114 Å². The van der Waals surface area contributed by atoms with Gasteiger partial charge >= 0.3 is 6.03 Å². The highest BCUT2D eigenvalue weighted by Crippen LogP contribution is 2.18. The predicted molar refractivity (Wildman–Crippen MR) is 73.9 cm³/mol. The van der Waals surface area contributed by atoms with E-state index in [0.29, 0.717) is 6.54 Å². The second kappa shape index (κ2) is 6.10. The number of hydrogen-bond donors (Lipinski definition) is 3. The lowest BCUT2D eigenvalue weighted by Crippen LogP contribution is -2.43. The second-order valence-electron chi connectivity index (χ2n) is 5.88. The molecule has 1 atom stereocenters. The van der Waals surface area contributed by atoms with Crippen LogP contribution in [0.1, 0.15) is 37.9 Å². The van der Waals surface area contributed by atoms with E-state index in [1.807, 2.05) is 40.7 Å². The fraction of sp³-hybridized carbons (Fsp3) is 0.643. The summed E-state index contributed by atoms with van der Waals surface area (Å²) < 4.78 is 5.38. The van der Waals surface area contributed by atoms with Crippen molar-refractivity contribution >= 4 is 6.03 Å². The van der Waals surface area contributed by atoms with Gasteiger partial charge in [0.2, 0.25) is 0 Å². The van der Waals surface area contributed by atoms with Gasteiger partial charge in [-0.25, -0.2) is 4.79 Å². The molecule has 0 bridgehead atoms. The number of carbonyl (C=O) groups is 1. The van der Waals surface area contributed by atoms with Crippen LogP contribution in [-0.4, -0.2) is 23.8 Å². The van der Waals surface area contributed by atoms with Crippen molar-refractivity contribution in [2.24, 2.45) is 5.41 Å². The highest BCUT2D eigenvalue weighted by atomic mass is 16.3. The third-order valence-corrected chi connectivity index (χ3v) is 3.04. The molecule has 0 saturated carbocycles. The Bertz CT molecular complexity index is 432. The quantitative estimate of drug-likeness (QED) is 0.783. The molecule has 19 heavy (non-hydrogen) atoms. The molecule has 1 aromatic rings. The topological polar surface area (TPSA) is 74.5 Å². The molecule has 1 heterocycles. The van der Waals surface area contributed by atoms with Crippen molar-refractivity contribution in [1.29, 1.82) is 0 Å². The Balaban J connectivity index is 2.35. The molecule has 0 aliphatic carbocycles. The third-order valence-electron chi connectivity index (χ3n) is 3.04. The Morgan fingerprint density at radius 3 is 2.47 bits per heavy atom. The first-order chi connectivity index (χ1) is 8.70. The number of urea groups is 1. The molecule has 0 aromatic carbocycles. The lowest BCUT2D eigenvalue weighted by atomic mass is 9.89. The molecule has 0 saturated heterocycles. The summed E-state index contributed by atoms with van der Waals surface area (Å²) in [7, 11) is 0. The normalized spacial score (nSPS) is 13.2. The smallest absolute Gasteiger partial charge is 0.315 e. The first-order valence-electron chi connectivity index (χ1n) is 6.46.